The first-order chi connectivity index (χ1) is 13.3. The minimum Gasteiger partial charge on any atom is -0.489 e. The van der Waals surface area contributed by atoms with Gasteiger partial charge in [0.15, 0.2) is 0 Å². The molecule has 0 atom stereocenters. The van der Waals surface area contributed by atoms with Crippen molar-refractivity contribution < 1.29 is 23.8 Å². The third-order valence-electron chi connectivity index (χ3n) is 4.35. The number of fused-ring (bicyclic) bond motifs is 1. The highest BCUT2D eigenvalue weighted by atomic mass is 16.5. The van der Waals surface area contributed by atoms with Crippen molar-refractivity contribution in [2.24, 2.45) is 0 Å². The van der Waals surface area contributed by atoms with Crippen LogP contribution < -0.4 is 14.8 Å². The predicted octanol–water partition coefficient (Wildman–Crippen LogP) is 3.22. The number of ether oxygens (including phenoxy) is 2. The number of carbonyl (C=O) groups is 1. The summed E-state index contributed by atoms with van der Waals surface area (Å²) < 4.78 is 16.8. The number of aliphatic hydroxyl groups excluding tert-OH is 1. The number of nitrogens with zero attached hydrogens (tertiary/aromatic N) is 1. The van der Waals surface area contributed by atoms with Crippen LogP contribution in [-0.4, -0.2) is 35.3 Å². The van der Waals surface area contributed by atoms with Crippen LogP contribution in [0.5, 0.6) is 11.6 Å². The Labute approximate surface area is 163 Å². The number of aromatic nitrogens is 1. The summed E-state index contributed by atoms with van der Waals surface area (Å²) in [5.41, 5.74) is 1.10. The molecule has 0 aliphatic carbocycles. The molecule has 0 radical (unpaired) electrons. The van der Waals surface area contributed by atoms with Crippen molar-refractivity contribution >= 4 is 16.9 Å². The van der Waals surface area contributed by atoms with E-state index in [1.807, 2.05) is 12.1 Å². The van der Waals surface area contributed by atoms with Crippen molar-refractivity contribution in [1.29, 1.82) is 0 Å². The number of aryl methyl sites for hydroxylation is 1. The Morgan fingerprint density at radius 1 is 1.32 bits per heavy atom. The topological polar surface area (TPSA) is 93.8 Å². The van der Waals surface area contributed by atoms with Gasteiger partial charge in [-0.3, -0.25) is 4.79 Å². The molecule has 0 aliphatic rings. The van der Waals surface area contributed by atoms with Gasteiger partial charge in [0.25, 0.3) is 5.91 Å². The van der Waals surface area contributed by atoms with E-state index in [1.54, 1.807) is 52.3 Å². The normalized spacial score (nSPS) is 11.5. The van der Waals surface area contributed by atoms with Crippen LogP contribution >= 0.6 is 0 Å². The summed E-state index contributed by atoms with van der Waals surface area (Å²) in [6, 6.07) is 9.02. The van der Waals surface area contributed by atoms with Gasteiger partial charge in [-0.2, -0.15) is 0 Å². The SMILES string of the molecule is COc1ncccc1COc1ccc2oc(C)c(C(=O)NC(C)(C)CO)c2c1. The highest BCUT2D eigenvalue weighted by Crippen LogP contribution is 2.30. The van der Waals surface area contributed by atoms with E-state index in [1.165, 1.54) is 0 Å². The summed E-state index contributed by atoms with van der Waals surface area (Å²) >= 11 is 0. The number of rotatable bonds is 7. The average molecular weight is 384 g/mol. The fourth-order valence-electron chi connectivity index (χ4n) is 2.86. The largest absolute Gasteiger partial charge is 0.489 e. The van der Waals surface area contributed by atoms with Gasteiger partial charge < -0.3 is 24.3 Å². The summed E-state index contributed by atoms with van der Waals surface area (Å²) in [6.45, 7) is 5.34. The van der Waals surface area contributed by atoms with Crippen molar-refractivity contribution in [1.82, 2.24) is 10.3 Å². The van der Waals surface area contributed by atoms with E-state index in [0.717, 1.165) is 5.56 Å². The molecule has 2 heterocycles. The maximum absolute atomic E-state index is 12.7. The second-order valence-electron chi connectivity index (χ2n) is 7.15. The van der Waals surface area contributed by atoms with Crippen LogP contribution in [0.3, 0.4) is 0 Å². The molecule has 0 aliphatic heterocycles. The van der Waals surface area contributed by atoms with Gasteiger partial charge in [0.1, 0.15) is 23.7 Å². The van der Waals surface area contributed by atoms with Crippen molar-refractivity contribution in [2.45, 2.75) is 32.9 Å². The summed E-state index contributed by atoms with van der Waals surface area (Å²) in [6.07, 6.45) is 1.65. The van der Waals surface area contributed by atoms with Crippen molar-refractivity contribution in [2.75, 3.05) is 13.7 Å². The van der Waals surface area contributed by atoms with Gasteiger partial charge in [0.05, 0.1) is 30.4 Å². The van der Waals surface area contributed by atoms with Crippen LogP contribution in [0.4, 0.5) is 0 Å². The molecule has 0 fully saturated rings. The molecular formula is C21H24N2O5. The van der Waals surface area contributed by atoms with E-state index in [4.69, 9.17) is 13.9 Å². The molecule has 0 spiro atoms. The fraction of sp³-hybridized carbons (Fsp3) is 0.333. The van der Waals surface area contributed by atoms with E-state index in [0.29, 0.717) is 33.9 Å². The molecule has 3 rings (SSSR count). The van der Waals surface area contributed by atoms with Gasteiger partial charge in [-0.15, -0.1) is 0 Å². The van der Waals surface area contributed by atoms with Crippen molar-refractivity contribution in [3.05, 3.63) is 53.4 Å². The lowest BCUT2D eigenvalue weighted by Crippen LogP contribution is -2.46. The van der Waals surface area contributed by atoms with Gasteiger partial charge in [-0.1, -0.05) is 0 Å². The van der Waals surface area contributed by atoms with E-state index in [2.05, 4.69) is 10.3 Å². The third kappa shape index (κ3) is 4.09. The summed E-state index contributed by atoms with van der Waals surface area (Å²) in [5, 5.41) is 12.9. The fourth-order valence-corrected chi connectivity index (χ4v) is 2.86. The smallest absolute Gasteiger partial charge is 0.255 e. The molecule has 3 aromatic rings. The van der Waals surface area contributed by atoms with E-state index < -0.39 is 5.54 Å². The highest BCUT2D eigenvalue weighted by molar-refractivity contribution is 6.07. The Balaban J connectivity index is 1.87. The number of benzene rings is 1. The second kappa shape index (κ2) is 7.90. The highest BCUT2D eigenvalue weighted by Gasteiger charge is 2.25. The summed E-state index contributed by atoms with van der Waals surface area (Å²) in [4.78, 5) is 16.9. The zero-order valence-electron chi connectivity index (χ0n) is 16.4. The van der Waals surface area contributed by atoms with Crippen LogP contribution in [0.25, 0.3) is 11.0 Å². The van der Waals surface area contributed by atoms with Gasteiger partial charge in [-0.05, 0) is 51.1 Å². The Morgan fingerprint density at radius 3 is 2.82 bits per heavy atom. The standard InChI is InChI=1S/C21H24N2O5/c1-13-18(19(25)23-21(2,3)12-24)16-10-15(7-8-17(16)28-13)27-11-14-6-5-9-22-20(14)26-4/h5-10,24H,11-12H2,1-4H3,(H,23,25). The number of hydrogen-bond acceptors (Lipinski definition) is 6. The Kier molecular flexibility index (Phi) is 5.56. The van der Waals surface area contributed by atoms with Crippen molar-refractivity contribution in [3.63, 3.8) is 0 Å². The molecule has 0 bridgehead atoms. The minimum atomic E-state index is -0.738. The monoisotopic (exact) mass is 384 g/mol. The van der Waals surface area contributed by atoms with E-state index in [-0.39, 0.29) is 19.1 Å². The molecule has 1 aromatic carbocycles. The van der Waals surface area contributed by atoms with Crippen molar-refractivity contribution in [3.8, 4) is 11.6 Å². The number of hydrogen-bond donors (Lipinski definition) is 2. The van der Waals surface area contributed by atoms with Gasteiger partial charge >= 0.3 is 0 Å². The van der Waals surface area contributed by atoms with E-state index >= 15 is 0 Å². The number of carbonyl (C=O) groups excluding carboxylic acids is 1. The van der Waals surface area contributed by atoms with Crippen LogP contribution in [0.15, 0.2) is 40.9 Å². The Hall–Kier alpha value is -3.06. The van der Waals surface area contributed by atoms with Gasteiger partial charge in [0, 0.05) is 11.6 Å². The quantitative estimate of drug-likeness (QED) is 0.650. The van der Waals surface area contributed by atoms with Crippen LogP contribution in [0, 0.1) is 6.92 Å². The first-order valence-electron chi connectivity index (χ1n) is 8.92. The van der Waals surface area contributed by atoms with Gasteiger partial charge in [0.2, 0.25) is 5.88 Å². The summed E-state index contributed by atoms with van der Waals surface area (Å²) in [7, 11) is 1.56. The predicted molar refractivity (Wildman–Crippen MR) is 105 cm³/mol. The maximum Gasteiger partial charge on any atom is 0.255 e. The lowest BCUT2D eigenvalue weighted by Gasteiger charge is -2.23. The molecule has 2 N–H and O–H groups in total. The molecule has 0 saturated carbocycles. The molecule has 0 saturated heterocycles. The molecule has 0 unspecified atom stereocenters. The van der Waals surface area contributed by atoms with Crippen LogP contribution in [-0.2, 0) is 6.61 Å². The summed E-state index contributed by atoms with van der Waals surface area (Å²) in [5.74, 6) is 1.30. The maximum atomic E-state index is 12.7. The number of nitrogens with one attached hydrogen (secondary N) is 1. The molecule has 7 heteroatoms. The number of methoxy groups -OCH3 is 1. The molecule has 1 amide bonds. The lowest BCUT2D eigenvalue weighted by molar-refractivity contribution is 0.0869. The zero-order valence-corrected chi connectivity index (χ0v) is 16.4. The molecular weight excluding hydrogens is 360 g/mol. The zero-order chi connectivity index (χ0) is 20.3. The number of amides is 1. The Bertz CT molecular complexity index is 994. The van der Waals surface area contributed by atoms with Gasteiger partial charge in [-0.25, -0.2) is 4.98 Å². The third-order valence-corrected chi connectivity index (χ3v) is 4.35. The molecule has 7 nitrogen and oxygen atoms in total. The number of aliphatic hydroxyl groups is 1. The first-order valence-corrected chi connectivity index (χ1v) is 8.92. The van der Waals surface area contributed by atoms with E-state index in [9.17, 15) is 9.90 Å². The van der Waals surface area contributed by atoms with Crippen LogP contribution in [0.1, 0.15) is 35.5 Å². The molecule has 2 aromatic heterocycles. The second-order valence-corrected chi connectivity index (χ2v) is 7.15. The lowest BCUT2D eigenvalue weighted by atomic mass is 10.0. The Morgan fingerprint density at radius 2 is 2.11 bits per heavy atom. The first kappa shape index (κ1) is 19.7. The molecule has 148 valence electrons. The van der Waals surface area contributed by atoms with Crippen LogP contribution in [0.2, 0.25) is 0 Å². The molecule has 28 heavy (non-hydrogen) atoms. The minimum absolute atomic E-state index is 0.172. The average Bonchev–Trinajstić information content (AvgIpc) is 3.01. The number of furan rings is 1. The number of pyridine rings is 1.